The van der Waals surface area contributed by atoms with Gasteiger partial charge in [-0.2, -0.15) is 0 Å². The molecule has 1 rings (SSSR count). The molecule has 6 nitrogen and oxygen atoms in total. The Labute approximate surface area is 78.4 Å². The van der Waals surface area contributed by atoms with Crippen LogP contribution in [-0.4, -0.2) is 22.0 Å². The van der Waals surface area contributed by atoms with Gasteiger partial charge in [0.15, 0.2) is 0 Å². The predicted molar refractivity (Wildman–Crippen MR) is 48.5 cm³/mol. The maximum absolute atomic E-state index is 10.6. The molecule has 1 heterocycles. The molecule has 0 spiro atoms. The Bertz CT molecular complexity index is 305. The largest absolute Gasteiger partial charge is 0.301 e. The molecule has 0 radical (unpaired) electrons. The summed E-state index contributed by atoms with van der Waals surface area (Å²) in [6.07, 6.45) is 0. The second-order valence-electron chi connectivity index (χ2n) is 2.27. The minimum absolute atomic E-state index is 0.217. The topological polar surface area (TPSA) is 84.0 Å². The van der Waals surface area contributed by atoms with E-state index in [0.717, 1.165) is 11.3 Å². The molecule has 0 aliphatic rings. The van der Waals surface area contributed by atoms with Crippen molar-refractivity contribution in [2.24, 2.45) is 0 Å². The van der Waals surface area contributed by atoms with Crippen LogP contribution in [0.4, 0.5) is 10.3 Å². The molecule has 2 amide bonds. The summed E-state index contributed by atoms with van der Waals surface area (Å²) in [5.74, 6) is -0.434. The van der Waals surface area contributed by atoms with Crippen LogP contribution in [0.15, 0.2) is 0 Å². The van der Waals surface area contributed by atoms with E-state index in [1.54, 1.807) is 0 Å². The zero-order valence-corrected chi connectivity index (χ0v) is 7.94. The van der Waals surface area contributed by atoms with Crippen LogP contribution in [-0.2, 0) is 9.59 Å². The maximum atomic E-state index is 10.6. The molecule has 0 atom stereocenters. The highest BCUT2D eigenvalue weighted by Gasteiger charge is 2.05. The van der Waals surface area contributed by atoms with Crippen LogP contribution in [0, 0.1) is 0 Å². The Kier molecular flexibility index (Phi) is 2.91. The van der Waals surface area contributed by atoms with Crippen LogP contribution in [0.2, 0.25) is 0 Å². The summed E-state index contributed by atoms with van der Waals surface area (Å²) >= 11 is 1.10. The van der Waals surface area contributed by atoms with Gasteiger partial charge in [0.25, 0.3) is 0 Å². The van der Waals surface area contributed by atoms with Gasteiger partial charge in [0.2, 0.25) is 22.1 Å². The Morgan fingerprint density at radius 1 is 1.08 bits per heavy atom. The van der Waals surface area contributed by atoms with Crippen molar-refractivity contribution in [1.82, 2.24) is 10.2 Å². The Morgan fingerprint density at radius 3 is 1.77 bits per heavy atom. The Hall–Kier alpha value is -1.50. The number of nitrogens with zero attached hydrogens (tertiary/aromatic N) is 2. The molecule has 1 aromatic heterocycles. The van der Waals surface area contributed by atoms with E-state index in [-0.39, 0.29) is 11.8 Å². The molecule has 0 aromatic carbocycles. The average molecular weight is 200 g/mol. The fourth-order valence-electron chi connectivity index (χ4n) is 0.625. The molecule has 13 heavy (non-hydrogen) atoms. The number of amides is 2. The number of carbonyl (C=O) groups is 2. The average Bonchev–Trinajstić information content (AvgIpc) is 2.33. The van der Waals surface area contributed by atoms with Gasteiger partial charge in [-0.15, -0.1) is 10.2 Å². The van der Waals surface area contributed by atoms with Crippen LogP contribution in [0.5, 0.6) is 0 Å². The number of carbonyl (C=O) groups excluding carboxylic acids is 2. The number of rotatable bonds is 2. The van der Waals surface area contributed by atoms with Crippen molar-refractivity contribution in [2.45, 2.75) is 13.8 Å². The van der Waals surface area contributed by atoms with Crippen LogP contribution in [0.25, 0.3) is 0 Å². The predicted octanol–water partition coefficient (Wildman–Crippen LogP) is 0.455. The van der Waals surface area contributed by atoms with Crippen molar-refractivity contribution in [3.8, 4) is 0 Å². The van der Waals surface area contributed by atoms with Gasteiger partial charge < -0.3 is 10.6 Å². The normalized spacial score (nSPS) is 9.38. The molecule has 0 saturated carbocycles. The van der Waals surface area contributed by atoms with Crippen LogP contribution >= 0.6 is 11.3 Å². The lowest BCUT2D eigenvalue weighted by molar-refractivity contribution is -0.115. The lowest BCUT2D eigenvalue weighted by Crippen LogP contribution is -2.05. The van der Waals surface area contributed by atoms with E-state index in [4.69, 9.17) is 0 Å². The van der Waals surface area contributed by atoms with E-state index in [0.29, 0.717) is 10.3 Å². The van der Waals surface area contributed by atoms with Crippen LogP contribution < -0.4 is 10.6 Å². The van der Waals surface area contributed by atoms with Crippen molar-refractivity contribution in [3.05, 3.63) is 0 Å². The Morgan fingerprint density at radius 2 is 1.46 bits per heavy atom. The van der Waals surface area contributed by atoms with Gasteiger partial charge in [-0.3, -0.25) is 9.59 Å². The molecule has 0 unspecified atom stereocenters. The molecular formula is C6H8N4O2S. The standard InChI is InChI=1S/C6H8N4O2S/c1-3(11)7-5-9-10-6(13-5)8-4(2)12/h1-2H3,(H,7,9,11)(H,8,10,12). The molecule has 1 aromatic rings. The molecule has 2 N–H and O–H groups in total. The van der Waals surface area contributed by atoms with Gasteiger partial charge in [-0.1, -0.05) is 11.3 Å². The van der Waals surface area contributed by atoms with Crippen LogP contribution in [0.1, 0.15) is 13.8 Å². The number of hydrogen-bond acceptors (Lipinski definition) is 5. The molecule has 0 fully saturated rings. The fraction of sp³-hybridized carbons (Fsp3) is 0.333. The third kappa shape index (κ3) is 3.16. The first-order chi connectivity index (χ1) is 6.08. The van der Waals surface area contributed by atoms with Gasteiger partial charge in [0.05, 0.1) is 0 Å². The first-order valence-electron chi connectivity index (χ1n) is 3.46. The third-order valence-corrected chi connectivity index (χ3v) is 1.75. The van der Waals surface area contributed by atoms with Crippen LogP contribution in [0.3, 0.4) is 0 Å². The smallest absolute Gasteiger partial charge is 0.223 e. The molecule has 70 valence electrons. The number of anilines is 2. The van der Waals surface area contributed by atoms with Gasteiger partial charge in [-0.25, -0.2) is 0 Å². The van der Waals surface area contributed by atoms with Crippen molar-refractivity contribution in [3.63, 3.8) is 0 Å². The quantitative estimate of drug-likeness (QED) is 0.726. The minimum atomic E-state index is -0.217. The van der Waals surface area contributed by atoms with E-state index < -0.39 is 0 Å². The summed E-state index contributed by atoms with van der Waals surface area (Å²) in [7, 11) is 0. The fourth-order valence-corrected chi connectivity index (χ4v) is 1.36. The summed E-state index contributed by atoms with van der Waals surface area (Å²) in [6.45, 7) is 2.75. The van der Waals surface area contributed by atoms with E-state index in [1.165, 1.54) is 13.8 Å². The summed E-state index contributed by atoms with van der Waals surface area (Å²) in [5.41, 5.74) is 0. The van der Waals surface area contributed by atoms with Gasteiger partial charge >= 0.3 is 0 Å². The summed E-state index contributed by atoms with van der Waals surface area (Å²) in [6, 6.07) is 0. The lowest BCUT2D eigenvalue weighted by atomic mass is 10.7. The highest BCUT2D eigenvalue weighted by atomic mass is 32.1. The third-order valence-electron chi connectivity index (χ3n) is 0.991. The molecule has 0 aliphatic carbocycles. The summed E-state index contributed by atoms with van der Waals surface area (Å²) in [4.78, 5) is 21.2. The molecule has 7 heteroatoms. The highest BCUT2D eigenvalue weighted by Crippen LogP contribution is 2.19. The van der Waals surface area contributed by atoms with Crippen molar-refractivity contribution >= 4 is 33.4 Å². The molecule has 0 bridgehead atoms. The number of aromatic nitrogens is 2. The second-order valence-corrected chi connectivity index (χ2v) is 3.25. The highest BCUT2D eigenvalue weighted by molar-refractivity contribution is 7.19. The van der Waals surface area contributed by atoms with Gasteiger partial charge in [-0.05, 0) is 0 Å². The van der Waals surface area contributed by atoms with Gasteiger partial charge in [0, 0.05) is 13.8 Å². The maximum Gasteiger partial charge on any atom is 0.223 e. The van der Waals surface area contributed by atoms with E-state index in [1.807, 2.05) is 0 Å². The van der Waals surface area contributed by atoms with Gasteiger partial charge in [0.1, 0.15) is 0 Å². The van der Waals surface area contributed by atoms with E-state index in [2.05, 4.69) is 20.8 Å². The zero-order chi connectivity index (χ0) is 9.84. The first-order valence-corrected chi connectivity index (χ1v) is 4.28. The number of nitrogens with one attached hydrogen (secondary N) is 2. The first kappa shape index (κ1) is 9.59. The monoisotopic (exact) mass is 200 g/mol. The zero-order valence-electron chi connectivity index (χ0n) is 7.12. The summed E-state index contributed by atoms with van der Waals surface area (Å²) < 4.78 is 0. The summed E-state index contributed by atoms with van der Waals surface area (Å²) in [5, 5.41) is 12.9. The lowest BCUT2D eigenvalue weighted by Gasteiger charge is -1.92. The van der Waals surface area contributed by atoms with Crippen molar-refractivity contribution < 1.29 is 9.59 Å². The van der Waals surface area contributed by atoms with Crippen molar-refractivity contribution in [1.29, 1.82) is 0 Å². The molecule has 0 saturated heterocycles. The molecule has 0 aliphatic heterocycles. The molecular weight excluding hydrogens is 192 g/mol. The van der Waals surface area contributed by atoms with E-state index in [9.17, 15) is 9.59 Å². The second kappa shape index (κ2) is 3.94. The number of hydrogen-bond donors (Lipinski definition) is 2. The Balaban J connectivity index is 2.63. The van der Waals surface area contributed by atoms with E-state index >= 15 is 0 Å². The minimum Gasteiger partial charge on any atom is -0.301 e. The SMILES string of the molecule is CC(=O)Nc1nnc(NC(C)=O)s1. The van der Waals surface area contributed by atoms with Crippen molar-refractivity contribution in [2.75, 3.05) is 10.6 Å².